The van der Waals surface area contributed by atoms with Crippen LogP contribution >= 0.6 is 0 Å². The van der Waals surface area contributed by atoms with Crippen molar-refractivity contribution in [2.24, 2.45) is 5.92 Å². The summed E-state index contributed by atoms with van der Waals surface area (Å²) in [5, 5.41) is 8.95. The second-order valence-electron chi connectivity index (χ2n) is 5.52. The maximum atomic E-state index is 12.4. The molecule has 114 valence electrons. The number of carboxylic acid groups (broad SMARTS) is 1. The van der Waals surface area contributed by atoms with Gasteiger partial charge in [0.1, 0.15) is 0 Å². The number of benzene rings is 1. The first kappa shape index (κ1) is 14.5. The lowest BCUT2D eigenvalue weighted by Gasteiger charge is -2.19. The Kier molecular flexibility index (Phi) is 3.73. The monoisotopic (exact) mass is 311 g/mol. The van der Waals surface area contributed by atoms with Gasteiger partial charge in [-0.1, -0.05) is 6.07 Å². The summed E-state index contributed by atoms with van der Waals surface area (Å²) in [6, 6.07) is 5.15. The lowest BCUT2D eigenvalue weighted by molar-refractivity contribution is 0.0696. The van der Waals surface area contributed by atoms with Gasteiger partial charge in [-0.25, -0.2) is 17.9 Å². The number of carboxylic acids is 1. The molecule has 2 N–H and O–H groups in total. The number of aromatic carboxylic acids is 1. The van der Waals surface area contributed by atoms with E-state index in [-0.39, 0.29) is 22.6 Å². The highest BCUT2D eigenvalue weighted by Gasteiger charge is 2.42. The molecular formula is C14H17NO5S. The summed E-state index contributed by atoms with van der Waals surface area (Å²) in [5.74, 6) is -0.697. The van der Waals surface area contributed by atoms with Crippen molar-refractivity contribution in [2.45, 2.75) is 36.3 Å². The van der Waals surface area contributed by atoms with E-state index in [1.54, 1.807) is 0 Å². The molecule has 0 radical (unpaired) electrons. The predicted octanol–water partition coefficient (Wildman–Crippen LogP) is 1.23. The van der Waals surface area contributed by atoms with Gasteiger partial charge >= 0.3 is 5.97 Å². The molecule has 1 aliphatic heterocycles. The van der Waals surface area contributed by atoms with Crippen molar-refractivity contribution < 1.29 is 23.1 Å². The fourth-order valence-electron chi connectivity index (χ4n) is 2.69. The van der Waals surface area contributed by atoms with Gasteiger partial charge in [-0.2, -0.15) is 0 Å². The van der Waals surface area contributed by atoms with Crippen LogP contribution in [0.5, 0.6) is 0 Å². The minimum absolute atomic E-state index is 0.0242. The standard InChI is InChI=1S/C14H17NO5S/c16-14(17)10-2-1-3-11(8-10)21(18,19)15-12-6-7-20-13(12)9-4-5-9/h1-3,8-9,12-13,15H,4-7H2,(H,16,17). The van der Waals surface area contributed by atoms with E-state index in [1.165, 1.54) is 24.3 Å². The minimum Gasteiger partial charge on any atom is -0.478 e. The number of hydrogen-bond donors (Lipinski definition) is 2. The molecule has 3 rings (SSSR count). The third kappa shape index (κ3) is 3.09. The number of sulfonamides is 1. The molecule has 2 fully saturated rings. The van der Waals surface area contributed by atoms with Gasteiger partial charge in [0.05, 0.1) is 22.6 Å². The van der Waals surface area contributed by atoms with E-state index in [4.69, 9.17) is 9.84 Å². The Morgan fingerprint density at radius 2 is 2.05 bits per heavy atom. The van der Waals surface area contributed by atoms with Gasteiger partial charge in [0.15, 0.2) is 0 Å². The Morgan fingerprint density at radius 3 is 2.71 bits per heavy atom. The van der Waals surface area contributed by atoms with E-state index < -0.39 is 16.0 Å². The van der Waals surface area contributed by atoms with E-state index in [9.17, 15) is 13.2 Å². The van der Waals surface area contributed by atoms with Crippen LogP contribution in [-0.4, -0.2) is 38.2 Å². The topological polar surface area (TPSA) is 92.7 Å². The summed E-state index contributed by atoms with van der Waals surface area (Å²) in [4.78, 5) is 10.9. The first-order valence-corrected chi connectivity index (χ1v) is 8.43. The van der Waals surface area contributed by atoms with E-state index in [0.29, 0.717) is 18.9 Å². The minimum atomic E-state index is -3.73. The van der Waals surface area contributed by atoms with Crippen LogP contribution in [-0.2, 0) is 14.8 Å². The Labute approximate surface area is 123 Å². The molecular weight excluding hydrogens is 294 g/mol. The zero-order chi connectivity index (χ0) is 15.0. The molecule has 0 amide bonds. The van der Waals surface area contributed by atoms with Crippen LogP contribution < -0.4 is 4.72 Å². The number of rotatable bonds is 5. The van der Waals surface area contributed by atoms with E-state index in [0.717, 1.165) is 12.8 Å². The summed E-state index contributed by atoms with van der Waals surface area (Å²) in [5.41, 5.74) is -0.0423. The molecule has 1 aliphatic carbocycles. The summed E-state index contributed by atoms with van der Waals surface area (Å²) in [7, 11) is -3.73. The second-order valence-corrected chi connectivity index (χ2v) is 7.24. The van der Waals surface area contributed by atoms with Crippen LogP contribution in [0.1, 0.15) is 29.6 Å². The van der Waals surface area contributed by atoms with Gasteiger partial charge in [0, 0.05) is 6.61 Å². The fraction of sp³-hybridized carbons (Fsp3) is 0.500. The van der Waals surface area contributed by atoms with Gasteiger partial charge in [-0.05, 0) is 43.4 Å². The largest absolute Gasteiger partial charge is 0.478 e. The van der Waals surface area contributed by atoms with Gasteiger partial charge in [-0.15, -0.1) is 0 Å². The van der Waals surface area contributed by atoms with E-state index in [2.05, 4.69) is 4.72 Å². The molecule has 7 heteroatoms. The van der Waals surface area contributed by atoms with E-state index in [1.807, 2.05) is 0 Å². The predicted molar refractivity (Wildman–Crippen MR) is 74.6 cm³/mol. The molecule has 6 nitrogen and oxygen atoms in total. The van der Waals surface area contributed by atoms with Crippen LogP contribution in [0.25, 0.3) is 0 Å². The number of ether oxygens (including phenoxy) is 1. The number of nitrogens with one attached hydrogen (secondary N) is 1. The van der Waals surface area contributed by atoms with Gasteiger partial charge in [0.25, 0.3) is 0 Å². The van der Waals surface area contributed by atoms with Crippen molar-refractivity contribution in [1.29, 1.82) is 0 Å². The molecule has 0 aromatic heterocycles. The van der Waals surface area contributed by atoms with Gasteiger partial charge in [-0.3, -0.25) is 0 Å². The van der Waals surface area contributed by atoms with Crippen molar-refractivity contribution >= 4 is 16.0 Å². The molecule has 2 aliphatic rings. The molecule has 0 spiro atoms. The lowest BCUT2D eigenvalue weighted by atomic mass is 10.1. The van der Waals surface area contributed by atoms with Crippen LogP contribution in [0.3, 0.4) is 0 Å². The van der Waals surface area contributed by atoms with E-state index >= 15 is 0 Å². The maximum absolute atomic E-state index is 12.4. The Hall–Kier alpha value is -1.44. The smallest absolute Gasteiger partial charge is 0.335 e. The maximum Gasteiger partial charge on any atom is 0.335 e. The normalized spacial score (nSPS) is 25.9. The Balaban J connectivity index is 1.80. The molecule has 21 heavy (non-hydrogen) atoms. The van der Waals surface area contributed by atoms with Crippen molar-refractivity contribution in [1.82, 2.24) is 4.72 Å². The molecule has 2 atom stereocenters. The van der Waals surface area contributed by atoms with Crippen molar-refractivity contribution in [3.8, 4) is 0 Å². The zero-order valence-corrected chi connectivity index (χ0v) is 12.2. The highest BCUT2D eigenvalue weighted by molar-refractivity contribution is 7.89. The second kappa shape index (κ2) is 5.40. The summed E-state index contributed by atoms with van der Waals surface area (Å²) < 4.78 is 33.1. The van der Waals surface area contributed by atoms with Crippen molar-refractivity contribution in [3.05, 3.63) is 29.8 Å². The highest BCUT2D eigenvalue weighted by atomic mass is 32.2. The van der Waals surface area contributed by atoms with Crippen LogP contribution in [0.2, 0.25) is 0 Å². The van der Waals surface area contributed by atoms with Crippen molar-refractivity contribution in [3.63, 3.8) is 0 Å². The molecule has 1 saturated heterocycles. The summed E-state index contributed by atoms with van der Waals surface area (Å²) >= 11 is 0. The van der Waals surface area contributed by atoms with Crippen molar-refractivity contribution in [2.75, 3.05) is 6.61 Å². The van der Waals surface area contributed by atoms with Gasteiger partial charge in [0.2, 0.25) is 10.0 Å². The zero-order valence-electron chi connectivity index (χ0n) is 11.4. The fourth-order valence-corrected chi connectivity index (χ4v) is 4.02. The SMILES string of the molecule is O=C(O)c1cccc(S(=O)(=O)NC2CCOC2C2CC2)c1. The van der Waals surface area contributed by atoms with Gasteiger partial charge < -0.3 is 9.84 Å². The van der Waals surface area contributed by atoms with Crippen LogP contribution in [0.15, 0.2) is 29.2 Å². The molecule has 1 aromatic rings. The lowest BCUT2D eigenvalue weighted by Crippen LogP contribution is -2.41. The molecule has 0 bridgehead atoms. The van der Waals surface area contributed by atoms with Crippen LogP contribution in [0.4, 0.5) is 0 Å². The molecule has 2 unspecified atom stereocenters. The molecule has 1 heterocycles. The third-order valence-electron chi connectivity index (χ3n) is 3.92. The first-order valence-electron chi connectivity index (χ1n) is 6.95. The third-order valence-corrected chi connectivity index (χ3v) is 5.41. The number of hydrogen-bond acceptors (Lipinski definition) is 4. The Morgan fingerprint density at radius 1 is 1.29 bits per heavy atom. The summed E-state index contributed by atoms with van der Waals surface area (Å²) in [6.07, 6.45) is 2.76. The molecule has 1 saturated carbocycles. The highest BCUT2D eigenvalue weighted by Crippen LogP contribution is 2.39. The quantitative estimate of drug-likeness (QED) is 0.853. The first-order chi connectivity index (χ1) is 9.97. The number of carbonyl (C=O) groups is 1. The average Bonchev–Trinajstić information content (AvgIpc) is 3.19. The molecule has 1 aromatic carbocycles. The van der Waals surface area contributed by atoms with Crippen LogP contribution in [0, 0.1) is 5.92 Å². The summed E-state index contributed by atoms with van der Waals surface area (Å²) in [6.45, 7) is 0.559. The Bertz CT molecular complexity index is 653. The average molecular weight is 311 g/mol.